The molecule has 27 heavy (non-hydrogen) atoms. The highest BCUT2D eigenvalue weighted by Gasteiger charge is 2.35. The predicted molar refractivity (Wildman–Crippen MR) is 98.2 cm³/mol. The number of carbonyl (C=O) groups is 1. The van der Waals surface area contributed by atoms with Crippen LogP contribution >= 0.6 is 0 Å². The van der Waals surface area contributed by atoms with E-state index in [9.17, 15) is 18.0 Å². The molecule has 152 valence electrons. The van der Waals surface area contributed by atoms with Crippen LogP contribution < -0.4 is 10.1 Å². The van der Waals surface area contributed by atoms with Crippen molar-refractivity contribution in [3.63, 3.8) is 0 Å². The Kier molecular flexibility index (Phi) is 7.14. The highest BCUT2D eigenvalue weighted by Crippen LogP contribution is 2.25. The van der Waals surface area contributed by atoms with Gasteiger partial charge in [0.25, 0.3) is 0 Å². The van der Waals surface area contributed by atoms with Gasteiger partial charge >= 0.3 is 6.36 Å². The molecule has 0 saturated carbocycles. The van der Waals surface area contributed by atoms with Crippen LogP contribution in [0.2, 0.25) is 0 Å². The topological polar surface area (TPSA) is 41.6 Å². The number of ether oxygens (including phenoxy) is 1. The van der Waals surface area contributed by atoms with Gasteiger partial charge < -0.3 is 10.1 Å². The molecule has 1 amide bonds. The normalized spacial score (nSPS) is 21.6. The van der Waals surface area contributed by atoms with E-state index in [1.54, 1.807) is 12.1 Å². The summed E-state index contributed by atoms with van der Waals surface area (Å²) in [5.41, 5.74) is 0.858. The molecule has 0 aliphatic carbocycles. The summed E-state index contributed by atoms with van der Waals surface area (Å²) in [5, 5.41) is 3.13. The number of carbonyl (C=O) groups excluding carboxylic acids is 1. The van der Waals surface area contributed by atoms with Gasteiger partial charge in [-0.25, -0.2) is 0 Å². The van der Waals surface area contributed by atoms with E-state index in [4.69, 9.17) is 0 Å². The molecule has 2 rings (SSSR count). The van der Waals surface area contributed by atoms with E-state index >= 15 is 0 Å². The molecular weight excluding hydrogens is 357 g/mol. The summed E-state index contributed by atoms with van der Waals surface area (Å²) < 4.78 is 40.8. The first-order valence-electron chi connectivity index (χ1n) is 9.42. The Morgan fingerprint density at radius 2 is 1.70 bits per heavy atom. The highest BCUT2D eigenvalue weighted by atomic mass is 19.4. The minimum absolute atomic E-state index is 0.0395. The van der Waals surface area contributed by atoms with Gasteiger partial charge in [-0.3, -0.25) is 9.69 Å². The van der Waals surface area contributed by atoms with Crippen LogP contribution in [0.3, 0.4) is 0 Å². The number of halogens is 3. The van der Waals surface area contributed by atoms with Crippen LogP contribution in [0.1, 0.15) is 46.1 Å². The van der Waals surface area contributed by atoms with Crippen LogP contribution in [0.25, 0.3) is 0 Å². The Balaban J connectivity index is 2.11. The molecule has 1 aliphatic heterocycles. The molecule has 0 radical (unpaired) electrons. The summed E-state index contributed by atoms with van der Waals surface area (Å²) in [7, 11) is 0. The summed E-state index contributed by atoms with van der Waals surface area (Å²) in [4.78, 5) is 14.8. The largest absolute Gasteiger partial charge is 0.573 e. The third-order valence-electron chi connectivity index (χ3n) is 4.54. The number of hydrogen-bond acceptors (Lipinski definition) is 3. The van der Waals surface area contributed by atoms with Crippen molar-refractivity contribution in [2.24, 2.45) is 11.8 Å². The van der Waals surface area contributed by atoms with Crippen LogP contribution in [-0.2, 0) is 11.3 Å². The molecular formula is C20H29F3N2O2. The van der Waals surface area contributed by atoms with Gasteiger partial charge in [0.1, 0.15) is 5.75 Å². The maximum absolute atomic E-state index is 12.6. The van der Waals surface area contributed by atoms with Crippen molar-refractivity contribution in [1.29, 1.82) is 0 Å². The summed E-state index contributed by atoms with van der Waals surface area (Å²) in [5.74, 6) is 0.640. The minimum Gasteiger partial charge on any atom is -0.406 e. The second-order valence-electron chi connectivity index (χ2n) is 8.10. The van der Waals surface area contributed by atoms with Crippen molar-refractivity contribution in [2.45, 2.75) is 65.5 Å². The number of hydrogen-bond donors (Lipinski definition) is 1. The molecule has 1 aromatic rings. The molecule has 1 heterocycles. The summed E-state index contributed by atoms with van der Waals surface area (Å²) in [6.07, 6.45) is -3.05. The fourth-order valence-electron chi connectivity index (χ4n) is 3.53. The fourth-order valence-corrected chi connectivity index (χ4v) is 3.53. The fraction of sp³-hybridized carbons (Fsp3) is 0.650. The average Bonchev–Trinajstić information content (AvgIpc) is 2.50. The molecule has 2 atom stereocenters. The smallest absolute Gasteiger partial charge is 0.406 e. The van der Waals surface area contributed by atoms with Crippen LogP contribution in [-0.4, -0.2) is 35.8 Å². The first kappa shape index (κ1) is 21.5. The number of amides is 1. The van der Waals surface area contributed by atoms with Gasteiger partial charge in [0.15, 0.2) is 0 Å². The van der Waals surface area contributed by atoms with Gasteiger partial charge in [-0.15, -0.1) is 13.2 Å². The SMILES string of the molecule is CC(C)CC1CN(Cc2ccc(OC(F)(F)F)cc2)C(CC(C)C)C(=O)N1. The molecule has 0 spiro atoms. The first-order chi connectivity index (χ1) is 12.5. The Hall–Kier alpha value is -1.76. The molecule has 0 aromatic heterocycles. The predicted octanol–water partition coefficient (Wildman–Crippen LogP) is 4.35. The third kappa shape index (κ3) is 7.05. The lowest BCUT2D eigenvalue weighted by Crippen LogP contribution is -2.60. The molecule has 4 nitrogen and oxygen atoms in total. The van der Waals surface area contributed by atoms with Crippen molar-refractivity contribution in [3.8, 4) is 5.75 Å². The van der Waals surface area contributed by atoms with E-state index in [-0.39, 0.29) is 23.7 Å². The molecule has 2 unspecified atom stereocenters. The molecule has 0 bridgehead atoms. The first-order valence-corrected chi connectivity index (χ1v) is 9.42. The summed E-state index contributed by atoms with van der Waals surface area (Å²) >= 11 is 0. The van der Waals surface area contributed by atoms with Crippen LogP contribution in [0.15, 0.2) is 24.3 Å². The van der Waals surface area contributed by atoms with Crippen LogP contribution in [0.5, 0.6) is 5.75 Å². The number of piperazine rings is 1. The third-order valence-corrected chi connectivity index (χ3v) is 4.54. The Labute approximate surface area is 159 Å². The lowest BCUT2D eigenvalue weighted by Gasteiger charge is -2.40. The van der Waals surface area contributed by atoms with Crippen molar-refractivity contribution in [2.75, 3.05) is 6.54 Å². The van der Waals surface area contributed by atoms with E-state index in [0.29, 0.717) is 18.4 Å². The molecule has 1 N–H and O–H groups in total. The number of rotatable bonds is 7. The lowest BCUT2D eigenvalue weighted by molar-refractivity contribution is -0.274. The number of nitrogens with zero attached hydrogens (tertiary/aromatic N) is 1. The van der Waals surface area contributed by atoms with Crippen molar-refractivity contribution in [1.82, 2.24) is 10.2 Å². The van der Waals surface area contributed by atoms with E-state index in [1.807, 2.05) is 0 Å². The molecule has 1 fully saturated rings. The van der Waals surface area contributed by atoms with Gasteiger partial charge in [-0.05, 0) is 42.4 Å². The molecule has 7 heteroatoms. The lowest BCUT2D eigenvalue weighted by atomic mass is 9.94. The number of nitrogens with one attached hydrogen (secondary N) is 1. The van der Waals surface area contributed by atoms with Crippen molar-refractivity contribution >= 4 is 5.91 Å². The maximum atomic E-state index is 12.6. The van der Waals surface area contributed by atoms with Crippen molar-refractivity contribution in [3.05, 3.63) is 29.8 Å². The van der Waals surface area contributed by atoms with Gasteiger partial charge in [0.05, 0.1) is 6.04 Å². The Morgan fingerprint density at radius 1 is 1.11 bits per heavy atom. The zero-order chi connectivity index (χ0) is 20.2. The Morgan fingerprint density at radius 3 is 2.22 bits per heavy atom. The minimum atomic E-state index is -4.70. The second-order valence-corrected chi connectivity index (χ2v) is 8.10. The van der Waals surface area contributed by atoms with Gasteiger partial charge in [0, 0.05) is 19.1 Å². The molecule has 1 aromatic carbocycles. The van der Waals surface area contributed by atoms with Gasteiger partial charge in [0.2, 0.25) is 5.91 Å². The van der Waals surface area contributed by atoms with Crippen LogP contribution in [0, 0.1) is 11.8 Å². The molecule has 1 saturated heterocycles. The summed E-state index contributed by atoms with van der Waals surface area (Å²) in [6.45, 7) is 9.66. The monoisotopic (exact) mass is 386 g/mol. The zero-order valence-electron chi connectivity index (χ0n) is 16.3. The van der Waals surface area contributed by atoms with E-state index in [2.05, 4.69) is 42.6 Å². The van der Waals surface area contributed by atoms with E-state index in [0.717, 1.165) is 24.9 Å². The van der Waals surface area contributed by atoms with Gasteiger partial charge in [-0.2, -0.15) is 0 Å². The number of benzene rings is 1. The zero-order valence-corrected chi connectivity index (χ0v) is 16.3. The standard InChI is InChI=1S/C20H29F3N2O2/c1-13(2)9-16-12-25(18(10-14(3)4)19(26)24-16)11-15-5-7-17(8-6-15)27-20(21,22)23/h5-8,13-14,16,18H,9-12H2,1-4H3,(H,24,26). The number of alkyl halides is 3. The van der Waals surface area contributed by atoms with Crippen LogP contribution in [0.4, 0.5) is 13.2 Å². The van der Waals surface area contributed by atoms with Gasteiger partial charge in [-0.1, -0.05) is 39.8 Å². The molecule has 1 aliphatic rings. The quantitative estimate of drug-likeness (QED) is 0.758. The average molecular weight is 386 g/mol. The summed E-state index contributed by atoms with van der Waals surface area (Å²) in [6, 6.07) is 5.74. The second kappa shape index (κ2) is 8.95. The van der Waals surface area contributed by atoms with E-state index in [1.165, 1.54) is 12.1 Å². The van der Waals surface area contributed by atoms with E-state index < -0.39 is 6.36 Å². The Bertz CT molecular complexity index is 615. The maximum Gasteiger partial charge on any atom is 0.573 e. The highest BCUT2D eigenvalue weighted by molar-refractivity contribution is 5.82. The van der Waals surface area contributed by atoms with Crippen molar-refractivity contribution < 1.29 is 22.7 Å².